The van der Waals surface area contributed by atoms with Gasteiger partial charge in [-0.25, -0.2) is 4.79 Å². The van der Waals surface area contributed by atoms with Crippen molar-refractivity contribution in [3.63, 3.8) is 0 Å². The summed E-state index contributed by atoms with van der Waals surface area (Å²) in [7, 11) is 0. The minimum atomic E-state index is -4.78. The molecule has 2 N–H and O–H groups in total. The monoisotopic (exact) mass is 528 g/mol. The van der Waals surface area contributed by atoms with E-state index in [-0.39, 0.29) is 30.3 Å². The molecule has 11 heteroatoms. The van der Waals surface area contributed by atoms with E-state index >= 15 is 0 Å². The predicted molar refractivity (Wildman–Crippen MR) is 128 cm³/mol. The van der Waals surface area contributed by atoms with Crippen LogP contribution < -0.4 is 10.6 Å². The number of carbonyl (C=O) groups excluding carboxylic acids is 3. The van der Waals surface area contributed by atoms with Gasteiger partial charge in [-0.1, -0.05) is 61.8 Å². The predicted octanol–water partition coefficient (Wildman–Crippen LogP) is 5.51. The van der Waals surface area contributed by atoms with Gasteiger partial charge in [-0.05, 0) is 36.6 Å². The molecule has 0 heterocycles. The van der Waals surface area contributed by atoms with E-state index in [1.165, 1.54) is 12.1 Å². The van der Waals surface area contributed by atoms with Crippen molar-refractivity contribution in [3.05, 3.63) is 64.7 Å². The van der Waals surface area contributed by atoms with Gasteiger partial charge in [0.25, 0.3) is 0 Å². The van der Waals surface area contributed by atoms with Crippen LogP contribution in [0.1, 0.15) is 31.9 Å². The van der Waals surface area contributed by atoms with Gasteiger partial charge in [0.05, 0.1) is 29.2 Å². The lowest BCUT2D eigenvalue weighted by molar-refractivity contribution is -0.178. The molecule has 2 rings (SSSR count). The summed E-state index contributed by atoms with van der Waals surface area (Å²) in [5.41, 5.74) is 1.26. The molecule has 7 nitrogen and oxygen atoms in total. The maximum absolute atomic E-state index is 13.5. The third kappa shape index (κ3) is 8.75. The number of carbonyl (C=O) groups is 3. The maximum atomic E-state index is 13.5. The number of amides is 2. The van der Waals surface area contributed by atoms with E-state index in [0.717, 1.165) is 6.92 Å². The van der Waals surface area contributed by atoms with Crippen molar-refractivity contribution in [2.75, 3.05) is 11.9 Å². The Morgan fingerprint density at radius 2 is 1.67 bits per heavy atom. The zero-order valence-corrected chi connectivity index (χ0v) is 20.8. The molecule has 0 spiro atoms. The van der Waals surface area contributed by atoms with Gasteiger partial charge in [0.15, 0.2) is 0 Å². The average Bonchev–Trinajstić information content (AvgIpc) is 2.83. The van der Waals surface area contributed by atoms with Gasteiger partial charge in [0, 0.05) is 0 Å². The van der Waals surface area contributed by atoms with Crippen molar-refractivity contribution in [2.24, 2.45) is 11.8 Å². The molecule has 0 bridgehead atoms. The summed E-state index contributed by atoms with van der Waals surface area (Å²) >= 11 is 6.15. The lowest BCUT2D eigenvalue weighted by Crippen LogP contribution is -2.51. The Hall–Kier alpha value is -3.27. The number of halogens is 4. The molecule has 0 aliphatic rings. The highest BCUT2D eigenvalue weighted by molar-refractivity contribution is 6.33. The molecule has 3 atom stereocenters. The number of anilines is 1. The zero-order chi connectivity index (χ0) is 26.9. The van der Waals surface area contributed by atoms with E-state index in [4.69, 9.17) is 21.1 Å². The molecule has 0 saturated carbocycles. The van der Waals surface area contributed by atoms with E-state index in [2.05, 4.69) is 5.32 Å². The molecule has 0 fully saturated rings. The molecule has 0 saturated heterocycles. The lowest BCUT2D eigenvalue weighted by Gasteiger charge is -2.26. The normalized spacial score (nSPS) is 13.8. The molecule has 0 aromatic heterocycles. The van der Waals surface area contributed by atoms with Gasteiger partial charge in [0.2, 0.25) is 5.91 Å². The molecule has 196 valence electrons. The first kappa shape index (κ1) is 29.0. The number of benzene rings is 2. The Labute approximate surface area is 212 Å². The molecule has 2 aromatic carbocycles. The van der Waals surface area contributed by atoms with E-state index in [9.17, 15) is 27.6 Å². The fraction of sp³-hybridized carbons (Fsp3) is 0.400. The summed E-state index contributed by atoms with van der Waals surface area (Å²) in [6, 6.07) is 11.1. The van der Waals surface area contributed by atoms with E-state index in [1.54, 1.807) is 50.2 Å². The zero-order valence-electron chi connectivity index (χ0n) is 20.0. The number of hydrogen-bond donors (Lipinski definition) is 2. The molecule has 2 aromatic rings. The standard InChI is InChI=1S/C25H28ClF3N2O5/c1-4-35-23(33)15(2)12-18-10-11-19(26)20(13-18)30-22(32)21(16(3)25(27,28)29)31-24(34)36-14-17-8-6-5-7-9-17/h5-11,13,15-16,21H,4,12,14H2,1-3H3,(H,30,32)(H,31,34)/t15-,16+,21?/m0/s1. The summed E-state index contributed by atoms with van der Waals surface area (Å²) in [4.78, 5) is 37.0. The molecule has 0 radical (unpaired) electrons. The molecule has 1 unspecified atom stereocenters. The summed E-state index contributed by atoms with van der Waals surface area (Å²) in [5, 5.41) is 4.43. The van der Waals surface area contributed by atoms with Crippen LogP contribution in [-0.2, 0) is 32.1 Å². The average molecular weight is 529 g/mol. The van der Waals surface area contributed by atoms with Crippen LogP contribution in [-0.4, -0.2) is 36.8 Å². The fourth-order valence-electron chi connectivity index (χ4n) is 3.23. The highest BCUT2D eigenvalue weighted by Crippen LogP contribution is 2.30. The number of alkyl halides is 3. The van der Waals surface area contributed by atoms with Gasteiger partial charge >= 0.3 is 18.2 Å². The molecule has 0 aliphatic heterocycles. The SMILES string of the molecule is CCOC(=O)[C@@H](C)Cc1ccc(Cl)c(NC(=O)C(NC(=O)OCc2ccccc2)[C@@H](C)C(F)(F)F)c1. The molecular weight excluding hydrogens is 501 g/mol. The van der Waals surface area contributed by atoms with Crippen LogP contribution in [0.25, 0.3) is 0 Å². The number of nitrogens with one attached hydrogen (secondary N) is 2. The Kier molecular flexibility index (Phi) is 10.6. The number of hydrogen-bond acceptors (Lipinski definition) is 5. The van der Waals surface area contributed by atoms with Gasteiger partial charge < -0.3 is 20.1 Å². The largest absolute Gasteiger partial charge is 0.466 e. The Morgan fingerprint density at radius 3 is 2.28 bits per heavy atom. The topological polar surface area (TPSA) is 93.7 Å². The third-order valence-electron chi connectivity index (χ3n) is 5.30. The minimum Gasteiger partial charge on any atom is -0.466 e. The second-order valence-electron chi connectivity index (χ2n) is 8.17. The van der Waals surface area contributed by atoms with Crippen LogP contribution in [0.2, 0.25) is 5.02 Å². The summed E-state index contributed by atoms with van der Waals surface area (Å²) in [6.07, 6.45) is -5.71. The van der Waals surface area contributed by atoms with Crippen LogP contribution >= 0.6 is 11.6 Å². The van der Waals surface area contributed by atoms with Crippen molar-refractivity contribution in [1.82, 2.24) is 5.32 Å². The minimum absolute atomic E-state index is 0.0362. The second kappa shape index (κ2) is 13.2. The van der Waals surface area contributed by atoms with Crippen molar-refractivity contribution in [3.8, 4) is 0 Å². The number of rotatable bonds is 10. The van der Waals surface area contributed by atoms with Gasteiger partial charge in [-0.3, -0.25) is 9.59 Å². The van der Waals surface area contributed by atoms with E-state index in [1.807, 2.05) is 5.32 Å². The van der Waals surface area contributed by atoms with Crippen LogP contribution in [0, 0.1) is 11.8 Å². The van der Waals surface area contributed by atoms with Gasteiger partial charge in [-0.15, -0.1) is 0 Å². The Morgan fingerprint density at radius 1 is 1.00 bits per heavy atom. The summed E-state index contributed by atoms with van der Waals surface area (Å²) < 4.78 is 50.4. The third-order valence-corrected chi connectivity index (χ3v) is 5.63. The summed E-state index contributed by atoms with van der Waals surface area (Å²) in [5.74, 6) is -4.26. The first-order chi connectivity index (χ1) is 16.9. The maximum Gasteiger partial charge on any atom is 0.408 e. The second-order valence-corrected chi connectivity index (χ2v) is 8.58. The van der Waals surface area contributed by atoms with Crippen molar-refractivity contribution >= 4 is 35.3 Å². The first-order valence-corrected chi connectivity index (χ1v) is 11.6. The van der Waals surface area contributed by atoms with Crippen LogP contribution in [0.3, 0.4) is 0 Å². The smallest absolute Gasteiger partial charge is 0.408 e. The van der Waals surface area contributed by atoms with Gasteiger partial charge in [0.1, 0.15) is 12.6 Å². The van der Waals surface area contributed by atoms with Crippen LogP contribution in [0.15, 0.2) is 48.5 Å². The molecular formula is C25H28ClF3N2O5. The quantitative estimate of drug-likeness (QED) is 0.396. The Balaban J connectivity index is 2.16. The highest BCUT2D eigenvalue weighted by Gasteiger charge is 2.45. The number of esters is 1. The number of ether oxygens (including phenoxy) is 2. The fourth-order valence-corrected chi connectivity index (χ4v) is 3.39. The Bertz CT molecular complexity index is 1050. The van der Waals surface area contributed by atoms with Crippen LogP contribution in [0.5, 0.6) is 0 Å². The molecule has 2 amide bonds. The van der Waals surface area contributed by atoms with E-state index < -0.39 is 42.0 Å². The first-order valence-electron chi connectivity index (χ1n) is 11.2. The summed E-state index contributed by atoms with van der Waals surface area (Å²) in [6.45, 7) is 4.17. The van der Waals surface area contributed by atoms with Gasteiger partial charge in [-0.2, -0.15) is 13.2 Å². The van der Waals surface area contributed by atoms with Crippen molar-refractivity contribution < 1.29 is 37.0 Å². The number of alkyl carbamates (subject to hydrolysis) is 1. The molecule has 36 heavy (non-hydrogen) atoms. The van der Waals surface area contributed by atoms with E-state index in [0.29, 0.717) is 11.1 Å². The highest BCUT2D eigenvalue weighted by atomic mass is 35.5. The lowest BCUT2D eigenvalue weighted by atomic mass is 9.99. The van der Waals surface area contributed by atoms with Crippen molar-refractivity contribution in [1.29, 1.82) is 0 Å². The van der Waals surface area contributed by atoms with Crippen molar-refractivity contribution in [2.45, 2.75) is 46.0 Å². The van der Waals surface area contributed by atoms with Crippen LogP contribution in [0.4, 0.5) is 23.7 Å². The molecule has 0 aliphatic carbocycles.